The lowest BCUT2D eigenvalue weighted by molar-refractivity contribution is 0.0666. The fraction of sp³-hybridized carbons (Fsp3) is 0.261. The van der Waals surface area contributed by atoms with E-state index in [4.69, 9.17) is 16.0 Å². The smallest absolute Gasteiger partial charge is 0.254 e. The number of rotatable bonds is 5. The zero-order chi connectivity index (χ0) is 21.3. The van der Waals surface area contributed by atoms with Crippen molar-refractivity contribution in [2.24, 2.45) is 0 Å². The van der Waals surface area contributed by atoms with Gasteiger partial charge in [-0.1, -0.05) is 29.8 Å². The second-order valence-electron chi connectivity index (χ2n) is 7.58. The van der Waals surface area contributed by atoms with E-state index in [1.807, 2.05) is 49.4 Å². The van der Waals surface area contributed by atoms with Crippen LogP contribution in [0.1, 0.15) is 28.1 Å². The Morgan fingerprint density at radius 2 is 1.83 bits per heavy atom. The van der Waals surface area contributed by atoms with Crippen LogP contribution in [0.3, 0.4) is 0 Å². The molecule has 1 aliphatic heterocycles. The van der Waals surface area contributed by atoms with Crippen molar-refractivity contribution in [3.05, 3.63) is 82.6 Å². The third-order valence-corrected chi connectivity index (χ3v) is 7.40. The monoisotopic (exact) mass is 443 g/mol. The standard InChI is InChI=1S/C23H22ClNO4S/c1-16-4-2-3-5-21(16)23(26)25(19-12-13-30(27,28)15-19)14-20-10-11-22(29-20)17-6-8-18(24)9-7-17/h2-11,19H,12-15H2,1H3. The molecule has 0 radical (unpaired) electrons. The van der Waals surface area contributed by atoms with Gasteiger partial charge < -0.3 is 9.32 Å². The van der Waals surface area contributed by atoms with E-state index in [1.54, 1.807) is 23.1 Å². The van der Waals surface area contributed by atoms with Crippen LogP contribution < -0.4 is 0 Å². The highest BCUT2D eigenvalue weighted by molar-refractivity contribution is 7.91. The van der Waals surface area contributed by atoms with Crippen LogP contribution in [0.2, 0.25) is 5.02 Å². The van der Waals surface area contributed by atoms with E-state index in [0.29, 0.717) is 28.5 Å². The van der Waals surface area contributed by atoms with Gasteiger partial charge in [0, 0.05) is 22.2 Å². The summed E-state index contributed by atoms with van der Waals surface area (Å²) in [6, 6.07) is 18.0. The average Bonchev–Trinajstić information content (AvgIpc) is 3.33. The number of sulfone groups is 1. The Morgan fingerprint density at radius 1 is 1.10 bits per heavy atom. The van der Waals surface area contributed by atoms with E-state index in [9.17, 15) is 13.2 Å². The first-order valence-corrected chi connectivity index (χ1v) is 11.9. The fourth-order valence-corrected chi connectivity index (χ4v) is 5.61. The summed E-state index contributed by atoms with van der Waals surface area (Å²) >= 11 is 5.95. The summed E-state index contributed by atoms with van der Waals surface area (Å²) in [5, 5.41) is 0.642. The van der Waals surface area contributed by atoms with E-state index >= 15 is 0 Å². The molecule has 1 aliphatic rings. The molecule has 0 spiro atoms. The molecule has 156 valence electrons. The van der Waals surface area contributed by atoms with Crippen LogP contribution in [0.15, 0.2) is 65.1 Å². The normalized spacial score (nSPS) is 17.7. The van der Waals surface area contributed by atoms with Crippen LogP contribution >= 0.6 is 11.6 Å². The molecule has 1 unspecified atom stereocenters. The average molecular weight is 444 g/mol. The number of hydrogen-bond donors (Lipinski definition) is 0. The summed E-state index contributed by atoms with van der Waals surface area (Å²) in [4.78, 5) is 15.0. The maximum atomic E-state index is 13.4. The predicted molar refractivity (Wildman–Crippen MR) is 117 cm³/mol. The zero-order valence-corrected chi connectivity index (χ0v) is 18.1. The Labute approximate surface area is 181 Å². The van der Waals surface area contributed by atoms with Crippen molar-refractivity contribution in [2.45, 2.75) is 25.9 Å². The number of furan rings is 1. The summed E-state index contributed by atoms with van der Waals surface area (Å²) in [7, 11) is -3.14. The van der Waals surface area contributed by atoms with Gasteiger partial charge in [-0.3, -0.25) is 4.79 Å². The van der Waals surface area contributed by atoms with Crippen molar-refractivity contribution in [1.82, 2.24) is 4.90 Å². The zero-order valence-electron chi connectivity index (χ0n) is 16.5. The SMILES string of the molecule is Cc1ccccc1C(=O)N(Cc1ccc(-c2ccc(Cl)cc2)o1)C1CCS(=O)(=O)C1. The first kappa shape index (κ1) is 20.7. The Kier molecular flexibility index (Phi) is 5.71. The number of carbonyl (C=O) groups excluding carboxylic acids is 1. The van der Waals surface area contributed by atoms with Gasteiger partial charge in [-0.05, 0) is 61.4 Å². The molecule has 3 aromatic rings. The number of benzene rings is 2. The van der Waals surface area contributed by atoms with Crippen LogP contribution in [0.25, 0.3) is 11.3 Å². The van der Waals surface area contributed by atoms with Crippen LogP contribution in [0.4, 0.5) is 0 Å². The maximum Gasteiger partial charge on any atom is 0.254 e. The molecular formula is C23H22ClNO4S. The molecule has 1 fully saturated rings. The Hall–Kier alpha value is -2.57. The number of aryl methyl sites for hydroxylation is 1. The second kappa shape index (κ2) is 8.28. The largest absolute Gasteiger partial charge is 0.459 e. The van der Waals surface area contributed by atoms with Crippen molar-refractivity contribution < 1.29 is 17.6 Å². The topological polar surface area (TPSA) is 67.6 Å². The van der Waals surface area contributed by atoms with Gasteiger partial charge in [0.15, 0.2) is 9.84 Å². The van der Waals surface area contributed by atoms with Gasteiger partial charge in [-0.25, -0.2) is 8.42 Å². The molecule has 5 nitrogen and oxygen atoms in total. The lowest BCUT2D eigenvalue weighted by atomic mass is 10.1. The highest BCUT2D eigenvalue weighted by Crippen LogP contribution is 2.27. The number of amides is 1. The van der Waals surface area contributed by atoms with Gasteiger partial charge >= 0.3 is 0 Å². The number of nitrogens with zero attached hydrogens (tertiary/aromatic N) is 1. The van der Waals surface area contributed by atoms with Gasteiger partial charge in [0.2, 0.25) is 0 Å². The molecule has 0 bridgehead atoms. The summed E-state index contributed by atoms with van der Waals surface area (Å²) in [6.07, 6.45) is 0.435. The Morgan fingerprint density at radius 3 is 2.50 bits per heavy atom. The highest BCUT2D eigenvalue weighted by atomic mass is 35.5. The molecule has 0 saturated carbocycles. The van der Waals surface area contributed by atoms with Crippen LogP contribution in [-0.4, -0.2) is 36.8 Å². The van der Waals surface area contributed by atoms with Crippen LogP contribution in [0.5, 0.6) is 0 Å². The summed E-state index contributed by atoms with van der Waals surface area (Å²) in [5.74, 6) is 1.17. The molecule has 7 heteroatoms. The quantitative estimate of drug-likeness (QED) is 0.571. The molecule has 2 heterocycles. The molecule has 0 N–H and O–H groups in total. The van der Waals surface area contributed by atoms with Crippen LogP contribution in [-0.2, 0) is 16.4 Å². The van der Waals surface area contributed by atoms with Crippen molar-refractivity contribution in [3.63, 3.8) is 0 Å². The lowest BCUT2D eigenvalue weighted by Gasteiger charge is -2.28. The first-order chi connectivity index (χ1) is 14.3. The van der Waals surface area contributed by atoms with E-state index in [2.05, 4.69) is 0 Å². The molecule has 4 rings (SSSR count). The molecule has 30 heavy (non-hydrogen) atoms. The van der Waals surface area contributed by atoms with E-state index < -0.39 is 9.84 Å². The van der Waals surface area contributed by atoms with E-state index in [0.717, 1.165) is 11.1 Å². The number of hydrogen-bond acceptors (Lipinski definition) is 4. The number of carbonyl (C=O) groups is 1. The first-order valence-electron chi connectivity index (χ1n) is 9.74. The third-order valence-electron chi connectivity index (χ3n) is 5.40. The molecule has 1 aromatic heterocycles. The lowest BCUT2D eigenvalue weighted by Crippen LogP contribution is -2.40. The molecule has 2 aromatic carbocycles. The molecule has 0 aliphatic carbocycles. The minimum atomic E-state index is -3.14. The van der Waals surface area contributed by atoms with Crippen molar-refractivity contribution in [2.75, 3.05) is 11.5 Å². The fourth-order valence-electron chi connectivity index (χ4n) is 3.76. The van der Waals surface area contributed by atoms with Crippen molar-refractivity contribution >= 4 is 27.3 Å². The highest BCUT2D eigenvalue weighted by Gasteiger charge is 2.35. The molecule has 1 saturated heterocycles. The van der Waals surface area contributed by atoms with Gasteiger partial charge in [-0.2, -0.15) is 0 Å². The third kappa shape index (κ3) is 4.45. The van der Waals surface area contributed by atoms with Gasteiger partial charge in [0.1, 0.15) is 11.5 Å². The van der Waals surface area contributed by atoms with Crippen molar-refractivity contribution in [3.8, 4) is 11.3 Å². The van der Waals surface area contributed by atoms with Gasteiger partial charge in [0.05, 0.1) is 18.1 Å². The minimum Gasteiger partial charge on any atom is -0.459 e. The molecule has 1 atom stereocenters. The Bertz CT molecular complexity index is 1170. The van der Waals surface area contributed by atoms with Gasteiger partial charge in [-0.15, -0.1) is 0 Å². The van der Waals surface area contributed by atoms with Crippen molar-refractivity contribution in [1.29, 1.82) is 0 Å². The maximum absolute atomic E-state index is 13.4. The Balaban J connectivity index is 1.63. The molecule has 1 amide bonds. The van der Waals surface area contributed by atoms with Crippen LogP contribution in [0, 0.1) is 6.92 Å². The number of halogens is 1. The summed E-state index contributed by atoms with van der Waals surface area (Å²) in [5.41, 5.74) is 2.31. The minimum absolute atomic E-state index is 0.0185. The molecular weight excluding hydrogens is 422 g/mol. The summed E-state index contributed by atoms with van der Waals surface area (Å²) in [6.45, 7) is 2.09. The van der Waals surface area contributed by atoms with E-state index in [1.165, 1.54) is 0 Å². The second-order valence-corrected chi connectivity index (χ2v) is 10.2. The van der Waals surface area contributed by atoms with E-state index in [-0.39, 0.29) is 30.0 Å². The summed E-state index contributed by atoms with van der Waals surface area (Å²) < 4.78 is 30.1. The predicted octanol–water partition coefficient (Wildman–Crippen LogP) is 4.74. The van der Waals surface area contributed by atoms with Gasteiger partial charge in [0.25, 0.3) is 5.91 Å².